The van der Waals surface area contributed by atoms with Crippen LogP contribution in [-0.2, 0) is 14.8 Å². The zero-order valence-corrected chi connectivity index (χ0v) is 18.4. The summed E-state index contributed by atoms with van der Waals surface area (Å²) in [5.41, 5.74) is 3.52. The molecule has 0 unspecified atom stereocenters. The Balaban J connectivity index is 1.55. The van der Waals surface area contributed by atoms with Gasteiger partial charge >= 0.3 is 0 Å². The van der Waals surface area contributed by atoms with Crippen LogP contribution in [0.15, 0.2) is 71.1 Å². The number of benzene rings is 3. The zero-order valence-electron chi connectivity index (χ0n) is 17.6. The number of nitrogens with one attached hydrogen (secondary N) is 1. The molecule has 0 radical (unpaired) electrons. The van der Waals surface area contributed by atoms with Crippen LogP contribution in [0, 0.1) is 0 Å². The highest BCUT2D eigenvalue weighted by molar-refractivity contribution is 7.92. The lowest BCUT2D eigenvalue weighted by atomic mass is 10.0. The third-order valence-electron chi connectivity index (χ3n) is 5.20. The van der Waals surface area contributed by atoms with Crippen LogP contribution >= 0.6 is 0 Å². The number of anilines is 2. The predicted octanol–water partition coefficient (Wildman–Crippen LogP) is 5.11. The molecule has 0 bridgehead atoms. The van der Waals surface area contributed by atoms with Gasteiger partial charge in [-0.05, 0) is 41.8 Å². The first kappa shape index (κ1) is 20.9. The van der Waals surface area contributed by atoms with E-state index in [0.717, 1.165) is 32.5 Å². The summed E-state index contributed by atoms with van der Waals surface area (Å²) in [5.74, 6) is -0.106. The van der Waals surface area contributed by atoms with Crippen molar-refractivity contribution in [3.05, 3.63) is 72.3 Å². The number of carbonyl (C=O) groups excluding carboxylic acids is 1. The van der Waals surface area contributed by atoms with Crippen molar-refractivity contribution in [2.24, 2.45) is 0 Å². The van der Waals surface area contributed by atoms with Gasteiger partial charge in [0.15, 0.2) is 0 Å². The third-order valence-corrected chi connectivity index (χ3v) is 6.34. The van der Waals surface area contributed by atoms with E-state index in [1.54, 1.807) is 24.3 Å². The quantitative estimate of drug-likeness (QED) is 0.455. The molecule has 4 rings (SSSR count). The summed E-state index contributed by atoms with van der Waals surface area (Å²) in [5, 5.41) is 4.73. The van der Waals surface area contributed by atoms with E-state index in [-0.39, 0.29) is 6.54 Å². The van der Waals surface area contributed by atoms with E-state index in [4.69, 9.17) is 4.42 Å². The van der Waals surface area contributed by atoms with Crippen LogP contribution in [0.25, 0.3) is 21.9 Å². The zero-order chi connectivity index (χ0) is 22.2. The molecule has 0 spiro atoms. The number of hydrogen-bond donors (Lipinski definition) is 1. The van der Waals surface area contributed by atoms with Gasteiger partial charge in [-0.15, -0.1) is 0 Å². The van der Waals surface area contributed by atoms with Crippen molar-refractivity contribution in [3.63, 3.8) is 0 Å². The van der Waals surface area contributed by atoms with Gasteiger partial charge in [0.1, 0.15) is 17.7 Å². The molecule has 4 aromatic rings. The van der Waals surface area contributed by atoms with Crippen LogP contribution in [0.5, 0.6) is 0 Å². The molecule has 0 saturated carbocycles. The summed E-state index contributed by atoms with van der Waals surface area (Å²) in [7, 11) is -3.64. The van der Waals surface area contributed by atoms with Crippen LogP contribution in [0.2, 0.25) is 0 Å². The lowest BCUT2D eigenvalue weighted by Gasteiger charge is -2.22. The molecular weight excluding hydrogens is 412 g/mol. The van der Waals surface area contributed by atoms with Gasteiger partial charge in [-0.3, -0.25) is 9.10 Å². The largest absolute Gasteiger partial charge is 0.456 e. The Bertz CT molecular complexity index is 1360. The van der Waals surface area contributed by atoms with Gasteiger partial charge in [0, 0.05) is 22.5 Å². The summed E-state index contributed by atoms with van der Waals surface area (Å²) in [6, 6.07) is 20.3. The Morgan fingerprint density at radius 1 is 0.968 bits per heavy atom. The Morgan fingerprint density at radius 2 is 1.65 bits per heavy atom. The number of nitrogens with zero attached hydrogens (tertiary/aromatic N) is 1. The van der Waals surface area contributed by atoms with Crippen molar-refractivity contribution in [3.8, 4) is 0 Å². The molecular formula is C24H24N2O4S. The fraction of sp³-hybridized carbons (Fsp3) is 0.208. The van der Waals surface area contributed by atoms with E-state index in [1.807, 2.05) is 42.5 Å². The van der Waals surface area contributed by atoms with Gasteiger partial charge in [-0.1, -0.05) is 44.2 Å². The summed E-state index contributed by atoms with van der Waals surface area (Å²) in [6.07, 6.45) is 1.09. The topological polar surface area (TPSA) is 79.6 Å². The Hall–Kier alpha value is -3.32. The monoisotopic (exact) mass is 436 g/mol. The van der Waals surface area contributed by atoms with Crippen molar-refractivity contribution >= 4 is 49.2 Å². The molecule has 0 saturated heterocycles. The number of rotatable bonds is 6. The smallest absolute Gasteiger partial charge is 0.245 e. The summed E-state index contributed by atoms with van der Waals surface area (Å²) < 4.78 is 31.6. The van der Waals surface area contributed by atoms with Gasteiger partial charge in [0.25, 0.3) is 0 Å². The molecule has 1 amide bonds. The first-order valence-electron chi connectivity index (χ1n) is 10.0. The van der Waals surface area contributed by atoms with Crippen molar-refractivity contribution in [2.75, 3.05) is 22.4 Å². The maximum absolute atomic E-state index is 12.7. The first-order chi connectivity index (χ1) is 14.7. The van der Waals surface area contributed by atoms with E-state index < -0.39 is 15.9 Å². The summed E-state index contributed by atoms with van der Waals surface area (Å²) >= 11 is 0. The lowest BCUT2D eigenvalue weighted by molar-refractivity contribution is -0.114. The third kappa shape index (κ3) is 4.41. The molecule has 1 heterocycles. The highest BCUT2D eigenvalue weighted by Crippen LogP contribution is 2.30. The second kappa shape index (κ2) is 8.07. The number of hydrogen-bond acceptors (Lipinski definition) is 4. The number of para-hydroxylation sites is 1. The minimum atomic E-state index is -3.64. The molecule has 0 fully saturated rings. The van der Waals surface area contributed by atoms with E-state index >= 15 is 0 Å². The first-order valence-corrected chi connectivity index (χ1v) is 11.9. The standard InChI is InChI=1S/C24H24N2O4S/c1-16(2)17-8-11-19(12-9-17)26(31(3,28)29)15-24(27)25-18-10-13-21-20-6-4-5-7-22(20)30-23(21)14-18/h4-14,16H,15H2,1-3H3,(H,25,27). The second-order valence-electron chi connectivity index (χ2n) is 7.87. The molecule has 6 nitrogen and oxygen atoms in total. The lowest BCUT2D eigenvalue weighted by Crippen LogP contribution is -2.37. The number of furan rings is 1. The van der Waals surface area contributed by atoms with Crippen molar-refractivity contribution in [1.29, 1.82) is 0 Å². The normalized spacial score (nSPS) is 11.9. The van der Waals surface area contributed by atoms with Gasteiger partial charge in [0.2, 0.25) is 15.9 Å². The molecule has 7 heteroatoms. The van der Waals surface area contributed by atoms with Gasteiger partial charge in [-0.2, -0.15) is 0 Å². The molecule has 3 aromatic carbocycles. The second-order valence-corrected chi connectivity index (χ2v) is 9.78. The van der Waals surface area contributed by atoms with Crippen molar-refractivity contribution < 1.29 is 17.6 Å². The molecule has 160 valence electrons. The van der Waals surface area contributed by atoms with Crippen LogP contribution in [0.1, 0.15) is 25.3 Å². The van der Waals surface area contributed by atoms with Crippen LogP contribution in [0.3, 0.4) is 0 Å². The minimum absolute atomic E-state index is 0.321. The molecule has 0 atom stereocenters. The van der Waals surface area contributed by atoms with E-state index in [0.29, 0.717) is 22.9 Å². The predicted molar refractivity (Wildman–Crippen MR) is 125 cm³/mol. The SMILES string of the molecule is CC(C)c1ccc(N(CC(=O)Nc2ccc3c(c2)oc2ccccc23)S(C)(=O)=O)cc1. The number of fused-ring (bicyclic) bond motifs is 3. The summed E-state index contributed by atoms with van der Waals surface area (Å²) in [4.78, 5) is 12.7. The van der Waals surface area contributed by atoms with Gasteiger partial charge < -0.3 is 9.73 Å². The highest BCUT2D eigenvalue weighted by Gasteiger charge is 2.21. The Labute approximate surface area is 181 Å². The molecule has 1 aromatic heterocycles. The molecule has 31 heavy (non-hydrogen) atoms. The van der Waals surface area contributed by atoms with E-state index in [2.05, 4.69) is 19.2 Å². The number of sulfonamides is 1. The Kier molecular flexibility index (Phi) is 5.45. The Morgan fingerprint density at radius 3 is 2.32 bits per heavy atom. The fourth-order valence-electron chi connectivity index (χ4n) is 3.56. The molecule has 0 aliphatic rings. The number of carbonyl (C=O) groups is 1. The minimum Gasteiger partial charge on any atom is -0.456 e. The van der Waals surface area contributed by atoms with Gasteiger partial charge in [0.05, 0.1) is 11.9 Å². The van der Waals surface area contributed by atoms with Crippen molar-refractivity contribution in [1.82, 2.24) is 0 Å². The van der Waals surface area contributed by atoms with Crippen molar-refractivity contribution in [2.45, 2.75) is 19.8 Å². The molecule has 0 aliphatic carbocycles. The highest BCUT2D eigenvalue weighted by atomic mass is 32.2. The number of amides is 1. The summed E-state index contributed by atoms with van der Waals surface area (Å²) in [6.45, 7) is 3.81. The van der Waals surface area contributed by atoms with Crippen LogP contribution in [-0.4, -0.2) is 27.1 Å². The maximum Gasteiger partial charge on any atom is 0.245 e. The maximum atomic E-state index is 12.7. The van der Waals surface area contributed by atoms with E-state index in [9.17, 15) is 13.2 Å². The van der Waals surface area contributed by atoms with Gasteiger partial charge in [-0.25, -0.2) is 8.42 Å². The fourth-order valence-corrected chi connectivity index (χ4v) is 4.42. The average molecular weight is 437 g/mol. The molecule has 1 N–H and O–H groups in total. The average Bonchev–Trinajstić information content (AvgIpc) is 3.09. The van der Waals surface area contributed by atoms with Crippen LogP contribution in [0.4, 0.5) is 11.4 Å². The van der Waals surface area contributed by atoms with E-state index in [1.165, 1.54) is 0 Å². The van der Waals surface area contributed by atoms with Crippen LogP contribution < -0.4 is 9.62 Å². The molecule has 0 aliphatic heterocycles.